The molecule has 2 heterocycles. The molecule has 28 heavy (non-hydrogen) atoms. The highest BCUT2D eigenvalue weighted by Gasteiger charge is 2.25. The molecule has 0 radical (unpaired) electrons. The van der Waals surface area contributed by atoms with Gasteiger partial charge < -0.3 is 10.1 Å². The highest BCUT2D eigenvalue weighted by molar-refractivity contribution is 8.01. The van der Waals surface area contributed by atoms with E-state index in [1.807, 2.05) is 0 Å². The molecular formula is C17H11Cl2N3O4S2. The number of nitrogens with one attached hydrogen (secondary N) is 1. The molecule has 1 amide bonds. The Labute approximate surface area is 177 Å². The zero-order chi connectivity index (χ0) is 20.3. The molecule has 0 saturated heterocycles. The summed E-state index contributed by atoms with van der Waals surface area (Å²) in [6, 6.07) is 8.02. The van der Waals surface area contributed by atoms with Crippen molar-refractivity contribution in [3.8, 4) is 5.75 Å². The van der Waals surface area contributed by atoms with E-state index in [1.165, 1.54) is 25.6 Å². The number of halogens is 2. The number of nitro groups is 1. The number of nitrogens with zero attached hydrogens (tertiary/aromatic N) is 2. The molecule has 144 valence electrons. The second-order valence-corrected chi connectivity index (χ2v) is 8.41. The summed E-state index contributed by atoms with van der Waals surface area (Å²) in [5, 5.41) is 14.7. The van der Waals surface area contributed by atoms with Crippen molar-refractivity contribution in [1.82, 2.24) is 4.98 Å². The lowest BCUT2D eigenvalue weighted by atomic mass is 10.3. The molecule has 2 aromatic heterocycles. The third-order valence-corrected chi connectivity index (χ3v) is 6.69. The van der Waals surface area contributed by atoms with Gasteiger partial charge in [-0.05, 0) is 12.1 Å². The maximum Gasteiger partial charge on any atom is 0.294 e. The molecule has 11 heteroatoms. The van der Waals surface area contributed by atoms with Gasteiger partial charge in [-0.15, -0.1) is 11.3 Å². The van der Waals surface area contributed by atoms with Crippen molar-refractivity contribution >= 4 is 63.6 Å². The Hall–Kier alpha value is -2.33. The largest absolute Gasteiger partial charge is 0.497 e. The van der Waals surface area contributed by atoms with Gasteiger partial charge >= 0.3 is 0 Å². The fourth-order valence-corrected chi connectivity index (χ4v) is 4.92. The Bertz CT molecular complexity index is 1040. The van der Waals surface area contributed by atoms with Gasteiger partial charge in [-0.1, -0.05) is 41.0 Å². The number of carbonyl (C=O) groups excluding carboxylic acids is 1. The van der Waals surface area contributed by atoms with E-state index in [0.717, 1.165) is 23.1 Å². The minimum absolute atomic E-state index is 0.179. The molecule has 0 bridgehead atoms. The van der Waals surface area contributed by atoms with E-state index in [9.17, 15) is 14.9 Å². The lowest BCUT2D eigenvalue weighted by Gasteiger charge is -2.05. The number of methoxy groups -OCH3 is 1. The number of amides is 1. The molecule has 0 saturated carbocycles. The summed E-state index contributed by atoms with van der Waals surface area (Å²) >= 11 is 14.2. The van der Waals surface area contributed by atoms with Crippen LogP contribution >= 0.6 is 46.3 Å². The van der Waals surface area contributed by atoms with Crippen molar-refractivity contribution in [1.29, 1.82) is 0 Å². The Morgan fingerprint density at radius 1 is 1.29 bits per heavy atom. The smallest absolute Gasteiger partial charge is 0.294 e. The molecule has 0 unspecified atom stereocenters. The fourth-order valence-electron chi connectivity index (χ4n) is 2.16. The summed E-state index contributed by atoms with van der Waals surface area (Å²) in [6.45, 7) is 0. The van der Waals surface area contributed by atoms with E-state index in [-0.39, 0.29) is 24.8 Å². The zero-order valence-corrected chi connectivity index (χ0v) is 17.3. The summed E-state index contributed by atoms with van der Waals surface area (Å²) in [6.07, 6.45) is 2.79. The van der Waals surface area contributed by atoms with Gasteiger partial charge in [0.25, 0.3) is 11.6 Å². The van der Waals surface area contributed by atoms with Crippen LogP contribution in [0, 0.1) is 10.1 Å². The molecule has 1 N–H and O–H groups in total. The van der Waals surface area contributed by atoms with Gasteiger partial charge in [-0.2, -0.15) is 0 Å². The first-order valence-electron chi connectivity index (χ1n) is 7.59. The van der Waals surface area contributed by atoms with Crippen molar-refractivity contribution in [3.63, 3.8) is 0 Å². The number of rotatable bonds is 6. The first-order valence-corrected chi connectivity index (χ1v) is 9.98. The predicted molar refractivity (Wildman–Crippen MR) is 110 cm³/mol. The Morgan fingerprint density at radius 3 is 2.64 bits per heavy atom. The van der Waals surface area contributed by atoms with Crippen LogP contribution in [0.3, 0.4) is 0 Å². The average molecular weight is 456 g/mol. The second kappa shape index (κ2) is 8.78. The normalized spacial score (nSPS) is 10.5. The molecule has 3 rings (SSSR count). The Balaban J connectivity index is 1.89. The van der Waals surface area contributed by atoms with Gasteiger partial charge in [0.15, 0.2) is 0 Å². The van der Waals surface area contributed by atoms with E-state index in [0.29, 0.717) is 16.3 Å². The zero-order valence-electron chi connectivity index (χ0n) is 14.1. The third kappa shape index (κ3) is 4.56. The lowest BCUT2D eigenvalue weighted by molar-refractivity contribution is -0.387. The first kappa shape index (κ1) is 20.4. The quantitative estimate of drug-likeness (QED) is 0.374. The van der Waals surface area contributed by atoms with Crippen LogP contribution in [0.25, 0.3) is 0 Å². The number of carbonyl (C=O) groups is 1. The lowest BCUT2D eigenvalue weighted by Crippen LogP contribution is -2.10. The number of anilines is 1. The monoisotopic (exact) mass is 455 g/mol. The average Bonchev–Trinajstić information content (AvgIpc) is 3.09. The number of pyridine rings is 1. The molecule has 0 spiro atoms. The molecule has 3 aromatic rings. The van der Waals surface area contributed by atoms with Gasteiger partial charge in [0.05, 0.1) is 27.0 Å². The van der Waals surface area contributed by atoms with Gasteiger partial charge in [-0.25, -0.2) is 0 Å². The van der Waals surface area contributed by atoms with E-state index >= 15 is 0 Å². The van der Waals surface area contributed by atoms with Crippen molar-refractivity contribution in [2.75, 3.05) is 12.4 Å². The van der Waals surface area contributed by atoms with E-state index in [2.05, 4.69) is 10.3 Å². The summed E-state index contributed by atoms with van der Waals surface area (Å²) < 4.78 is 5.40. The number of hydrogen-bond acceptors (Lipinski definition) is 7. The molecule has 7 nitrogen and oxygen atoms in total. The van der Waals surface area contributed by atoms with Crippen molar-refractivity contribution in [3.05, 3.63) is 67.8 Å². The molecular weight excluding hydrogens is 445 g/mol. The predicted octanol–water partition coefficient (Wildman–Crippen LogP) is 5.77. The van der Waals surface area contributed by atoms with Crippen LogP contribution in [0.5, 0.6) is 5.75 Å². The standard InChI is InChI=1S/C17H11Cl2N3O4S2/c1-26-10-4-2-3-9(5-10)21-16(23)14-6-13(22(24)25)17(27-14)28-15-11(18)7-20-8-12(15)19/h2-8H,1H3,(H,21,23). The summed E-state index contributed by atoms with van der Waals surface area (Å²) in [7, 11) is 1.52. The van der Waals surface area contributed by atoms with Crippen LogP contribution in [-0.4, -0.2) is 22.9 Å². The minimum Gasteiger partial charge on any atom is -0.497 e. The van der Waals surface area contributed by atoms with Crippen molar-refractivity contribution in [2.45, 2.75) is 9.10 Å². The van der Waals surface area contributed by atoms with Crippen molar-refractivity contribution < 1.29 is 14.5 Å². The van der Waals surface area contributed by atoms with E-state index in [4.69, 9.17) is 27.9 Å². The summed E-state index contributed by atoms with van der Waals surface area (Å²) in [4.78, 5) is 27.9. The second-order valence-electron chi connectivity index (χ2n) is 5.26. The summed E-state index contributed by atoms with van der Waals surface area (Å²) in [5.41, 5.74) is 0.310. The maximum absolute atomic E-state index is 12.6. The van der Waals surface area contributed by atoms with Crippen LogP contribution in [0.4, 0.5) is 11.4 Å². The Morgan fingerprint density at radius 2 is 2.00 bits per heavy atom. The minimum atomic E-state index is -0.551. The third-order valence-electron chi connectivity index (χ3n) is 3.43. The van der Waals surface area contributed by atoms with Crippen LogP contribution in [0.2, 0.25) is 10.0 Å². The fraction of sp³-hybridized carbons (Fsp3) is 0.0588. The van der Waals surface area contributed by atoms with Crippen LogP contribution < -0.4 is 10.1 Å². The van der Waals surface area contributed by atoms with Gasteiger partial charge in [0.2, 0.25) is 0 Å². The number of ether oxygens (including phenoxy) is 1. The highest BCUT2D eigenvalue weighted by Crippen LogP contribution is 2.45. The topological polar surface area (TPSA) is 94.4 Å². The molecule has 1 aromatic carbocycles. The van der Waals surface area contributed by atoms with Crippen LogP contribution in [0.1, 0.15) is 9.67 Å². The number of benzene rings is 1. The van der Waals surface area contributed by atoms with Gasteiger partial charge in [-0.3, -0.25) is 19.9 Å². The van der Waals surface area contributed by atoms with Gasteiger partial charge in [0, 0.05) is 30.2 Å². The molecule has 0 aliphatic carbocycles. The number of hydrogen-bond donors (Lipinski definition) is 1. The SMILES string of the molecule is COc1cccc(NC(=O)c2cc([N+](=O)[O-])c(Sc3c(Cl)cncc3Cl)s2)c1. The molecule has 0 fully saturated rings. The van der Waals surface area contributed by atoms with Crippen molar-refractivity contribution in [2.24, 2.45) is 0 Å². The van der Waals surface area contributed by atoms with E-state index < -0.39 is 10.8 Å². The number of thiophene rings is 1. The number of aromatic nitrogens is 1. The molecule has 0 aliphatic rings. The highest BCUT2D eigenvalue weighted by atomic mass is 35.5. The molecule has 0 aliphatic heterocycles. The van der Waals surface area contributed by atoms with E-state index in [1.54, 1.807) is 24.3 Å². The first-order chi connectivity index (χ1) is 13.4. The summed E-state index contributed by atoms with van der Waals surface area (Å²) in [5.74, 6) is 0.105. The van der Waals surface area contributed by atoms with Crippen LogP contribution in [0.15, 0.2) is 51.8 Å². The molecule has 0 atom stereocenters. The van der Waals surface area contributed by atoms with Gasteiger partial charge in [0.1, 0.15) is 14.8 Å². The Kier molecular flexibility index (Phi) is 6.40. The maximum atomic E-state index is 12.6. The van der Waals surface area contributed by atoms with Crippen LogP contribution in [-0.2, 0) is 0 Å².